The molecule has 0 radical (unpaired) electrons. The lowest BCUT2D eigenvalue weighted by Crippen LogP contribution is -2.26. The normalized spacial score (nSPS) is 24.0. The maximum absolute atomic E-state index is 6.14. The van der Waals surface area contributed by atoms with Crippen LogP contribution in [0.2, 0.25) is 0 Å². The van der Waals surface area contributed by atoms with Crippen LogP contribution in [0.25, 0.3) is 0 Å². The van der Waals surface area contributed by atoms with Crippen LogP contribution in [0.5, 0.6) is 11.5 Å². The van der Waals surface area contributed by atoms with Crippen molar-refractivity contribution in [3.05, 3.63) is 23.8 Å². The second-order valence-corrected chi connectivity index (χ2v) is 7.54. The van der Waals surface area contributed by atoms with Gasteiger partial charge in [0.1, 0.15) is 11.5 Å². The van der Waals surface area contributed by atoms with Crippen molar-refractivity contribution in [2.75, 3.05) is 18.5 Å². The van der Waals surface area contributed by atoms with E-state index in [2.05, 4.69) is 22.0 Å². The summed E-state index contributed by atoms with van der Waals surface area (Å²) in [5.74, 6) is 1.80. The average Bonchev–Trinajstić information content (AvgIpc) is 2.66. The molecular weight excluding hydrogens is 384 g/mol. The quantitative estimate of drug-likeness (QED) is 0.433. The Labute approximate surface area is 159 Å². The van der Waals surface area contributed by atoms with Gasteiger partial charge in [-0.15, -0.1) is 0 Å². The second-order valence-electron chi connectivity index (χ2n) is 6.74. The van der Waals surface area contributed by atoms with Crippen molar-refractivity contribution < 1.29 is 18.9 Å². The van der Waals surface area contributed by atoms with Gasteiger partial charge in [-0.3, -0.25) is 0 Å². The van der Waals surface area contributed by atoms with E-state index in [4.69, 9.17) is 18.9 Å². The molecule has 4 nitrogen and oxygen atoms in total. The highest BCUT2D eigenvalue weighted by Crippen LogP contribution is 2.30. The molecule has 140 valence electrons. The molecule has 1 aromatic carbocycles. The van der Waals surface area contributed by atoms with Crippen LogP contribution in [-0.2, 0) is 15.9 Å². The predicted molar refractivity (Wildman–Crippen MR) is 102 cm³/mol. The number of unbranched alkanes of at least 4 members (excludes halogenated alkanes) is 1. The van der Waals surface area contributed by atoms with Crippen LogP contribution in [-0.4, -0.2) is 31.1 Å². The molecule has 0 aliphatic carbocycles. The van der Waals surface area contributed by atoms with E-state index in [1.165, 1.54) is 18.4 Å². The third-order valence-corrected chi connectivity index (χ3v) is 5.22. The molecule has 1 aromatic rings. The van der Waals surface area contributed by atoms with Crippen LogP contribution >= 0.6 is 15.9 Å². The molecule has 0 aromatic heterocycles. The molecule has 2 atom stereocenters. The molecule has 0 bridgehead atoms. The number of ether oxygens (including phenoxy) is 4. The Hall–Kier alpha value is -0.780. The molecule has 2 aliphatic rings. The molecule has 3 rings (SSSR count). The van der Waals surface area contributed by atoms with E-state index in [1.807, 2.05) is 12.1 Å². The van der Waals surface area contributed by atoms with Gasteiger partial charge in [0, 0.05) is 18.2 Å². The lowest BCUT2D eigenvalue weighted by Gasteiger charge is -2.26. The van der Waals surface area contributed by atoms with E-state index < -0.39 is 0 Å². The molecule has 2 unspecified atom stereocenters. The third-order valence-electron chi connectivity index (χ3n) is 4.66. The summed E-state index contributed by atoms with van der Waals surface area (Å²) in [6.07, 6.45) is 9.56. The van der Waals surface area contributed by atoms with Crippen molar-refractivity contribution in [2.24, 2.45) is 0 Å². The van der Waals surface area contributed by atoms with E-state index in [1.54, 1.807) is 0 Å². The van der Waals surface area contributed by atoms with Gasteiger partial charge in [-0.1, -0.05) is 15.9 Å². The molecule has 0 spiro atoms. The van der Waals surface area contributed by atoms with Gasteiger partial charge >= 0.3 is 0 Å². The Morgan fingerprint density at radius 1 is 0.920 bits per heavy atom. The van der Waals surface area contributed by atoms with Crippen molar-refractivity contribution in [3.8, 4) is 11.5 Å². The number of hydrogen-bond acceptors (Lipinski definition) is 4. The van der Waals surface area contributed by atoms with Crippen LogP contribution < -0.4 is 9.47 Å². The van der Waals surface area contributed by atoms with Gasteiger partial charge in [0.05, 0.1) is 13.2 Å². The smallest absolute Gasteiger partial charge is 0.199 e. The first-order valence-electron chi connectivity index (χ1n) is 9.60. The van der Waals surface area contributed by atoms with Gasteiger partial charge in [0.25, 0.3) is 0 Å². The van der Waals surface area contributed by atoms with Gasteiger partial charge in [0.2, 0.25) is 0 Å². The summed E-state index contributed by atoms with van der Waals surface area (Å²) in [6, 6.07) is 6.13. The molecule has 2 fully saturated rings. The van der Waals surface area contributed by atoms with Crippen molar-refractivity contribution in [1.29, 1.82) is 0 Å². The maximum Gasteiger partial charge on any atom is 0.199 e. The SMILES string of the molecule is BrCCCCc1cc(OC2CCCCO2)ccc1OC1CCCCO1. The Balaban J connectivity index is 1.66. The minimum absolute atomic E-state index is 0.113. The topological polar surface area (TPSA) is 36.9 Å². The van der Waals surface area contributed by atoms with Crippen LogP contribution in [0.4, 0.5) is 0 Å². The molecule has 25 heavy (non-hydrogen) atoms. The Morgan fingerprint density at radius 2 is 1.64 bits per heavy atom. The maximum atomic E-state index is 6.14. The third kappa shape index (κ3) is 6.15. The largest absolute Gasteiger partial charge is 0.465 e. The van der Waals surface area contributed by atoms with Crippen molar-refractivity contribution in [3.63, 3.8) is 0 Å². The van der Waals surface area contributed by atoms with Gasteiger partial charge in [-0.05, 0) is 68.7 Å². The number of benzene rings is 1. The van der Waals surface area contributed by atoms with Gasteiger partial charge in [0.15, 0.2) is 12.6 Å². The van der Waals surface area contributed by atoms with Crippen molar-refractivity contribution in [2.45, 2.75) is 70.4 Å². The zero-order valence-electron chi connectivity index (χ0n) is 14.9. The van der Waals surface area contributed by atoms with E-state index in [0.29, 0.717) is 0 Å². The number of hydrogen-bond donors (Lipinski definition) is 0. The zero-order valence-corrected chi connectivity index (χ0v) is 16.5. The molecule has 0 amide bonds. The highest BCUT2D eigenvalue weighted by atomic mass is 79.9. The number of aryl methyl sites for hydroxylation is 1. The van der Waals surface area contributed by atoms with Crippen LogP contribution in [0.1, 0.15) is 56.9 Å². The first-order valence-corrected chi connectivity index (χ1v) is 10.7. The van der Waals surface area contributed by atoms with Gasteiger partial charge in [-0.25, -0.2) is 0 Å². The lowest BCUT2D eigenvalue weighted by atomic mass is 10.1. The average molecular weight is 413 g/mol. The zero-order chi connectivity index (χ0) is 17.3. The first kappa shape index (κ1) is 19.0. The van der Waals surface area contributed by atoms with Crippen LogP contribution in [0, 0.1) is 0 Å². The summed E-state index contributed by atoms with van der Waals surface area (Å²) < 4.78 is 23.6. The highest BCUT2D eigenvalue weighted by Gasteiger charge is 2.19. The second kappa shape index (κ2) is 10.4. The molecule has 0 saturated carbocycles. The van der Waals surface area contributed by atoms with Gasteiger partial charge < -0.3 is 18.9 Å². The summed E-state index contributed by atoms with van der Waals surface area (Å²) in [5, 5.41) is 1.03. The van der Waals surface area contributed by atoms with Gasteiger partial charge in [-0.2, -0.15) is 0 Å². The van der Waals surface area contributed by atoms with Crippen LogP contribution in [0.3, 0.4) is 0 Å². The highest BCUT2D eigenvalue weighted by molar-refractivity contribution is 9.09. The summed E-state index contributed by atoms with van der Waals surface area (Å²) in [7, 11) is 0. The fourth-order valence-corrected chi connectivity index (χ4v) is 3.65. The van der Waals surface area contributed by atoms with Crippen molar-refractivity contribution in [1.82, 2.24) is 0 Å². The predicted octanol–water partition coefficient (Wildman–Crippen LogP) is 5.22. The van der Waals surface area contributed by atoms with E-state index in [0.717, 1.165) is 75.0 Å². The van der Waals surface area contributed by atoms with E-state index in [-0.39, 0.29) is 12.6 Å². The standard InChI is InChI=1S/C20H29BrO4/c21-12-4-1-7-16-15-17(24-19-8-2-5-13-22-19)10-11-18(16)25-20-9-3-6-14-23-20/h10-11,15,19-20H,1-9,12-14H2. The fraction of sp³-hybridized carbons (Fsp3) is 0.700. The van der Waals surface area contributed by atoms with E-state index >= 15 is 0 Å². The Morgan fingerprint density at radius 3 is 2.28 bits per heavy atom. The molecule has 2 heterocycles. The molecule has 2 aliphatic heterocycles. The lowest BCUT2D eigenvalue weighted by molar-refractivity contribution is -0.108. The fourth-order valence-electron chi connectivity index (χ4n) is 3.25. The minimum atomic E-state index is -0.114. The molecule has 2 saturated heterocycles. The molecule has 0 N–H and O–H groups in total. The number of alkyl halides is 1. The van der Waals surface area contributed by atoms with Crippen LogP contribution in [0.15, 0.2) is 18.2 Å². The molecular formula is C20H29BrO4. The van der Waals surface area contributed by atoms with E-state index in [9.17, 15) is 0 Å². The summed E-state index contributed by atoms with van der Waals surface area (Å²) in [4.78, 5) is 0. The minimum Gasteiger partial charge on any atom is -0.465 e. The first-order chi connectivity index (χ1) is 12.3. The molecule has 5 heteroatoms. The summed E-state index contributed by atoms with van der Waals surface area (Å²) >= 11 is 3.51. The number of halogens is 1. The monoisotopic (exact) mass is 412 g/mol. The Kier molecular flexibility index (Phi) is 7.89. The summed E-state index contributed by atoms with van der Waals surface area (Å²) in [6.45, 7) is 1.59. The number of rotatable bonds is 8. The Bertz CT molecular complexity index is 510. The summed E-state index contributed by atoms with van der Waals surface area (Å²) in [5.41, 5.74) is 1.20. The van der Waals surface area contributed by atoms with Crippen molar-refractivity contribution >= 4 is 15.9 Å².